The maximum absolute atomic E-state index is 15.2. The first-order valence-corrected chi connectivity index (χ1v) is 9.31. The minimum atomic E-state index is -1.42. The highest BCUT2D eigenvalue weighted by atomic mass is 19.1. The number of alkyl halides is 1. The zero-order valence-corrected chi connectivity index (χ0v) is 15.7. The van der Waals surface area contributed by atoms with Crippen LogP contribution in [0.4, 0.5) is 17.6 Å². The summed E-state index contributed by atoms with van der Waals surface area (Å²) >= 11 is 0. The molecule has 0 N–H and O–H groups in total. The molecule has 0 amide bonds. The molecule has 0 aliphatic rings. The summed E-state index contributed by atoms with van der Waals surface area (Å²) in [5.74, 6) is -2.84. The number of benzene rings is 4. The van der Waals surface area contributed by atoms with E-state index >= 15 is 4.39 Å². The van der Waals surface area contributed by atoms with E-state index in [0.29, 0.717) is 5.56 Å². The van der Waals surface area contributed by atoms with Gasteiger partial charge in [-0.1, -0.05) is 55.5 Å². The molecule has 0 bridgehead atoms. The van der Waals surface area contributed by atoms with E-state index in [-0.39, 0.29) is 16.7 Å². The lowest BCUT2D eigenvalue weighted by molar-refractivity contribution is 0.298. The van der Waals surface area contributed by atoms with Gasteiger partial charge >= 0.3 is 0 Å². The molecule has 29 heavy (non-hydrogen) atoms. The minimum absolute atomic E-state index is 0.228. The molecule has 0 aliphatic heterocycles. The number of hydrogen-bond donors (Lipinski definition) is 0. The molecule has 4 aromatic rings. The van der Waals surface area contributed by atoms with Gasteiger partial charge in [-0.15, -0.1) is 0 Å². The Morgan fingerprint density at radius 2 is 1.28 bits per heavy atom. The van der Waals surface area contributed by atoms with Gasteiger partial charge in [0, 0.05) is 5.92 Å². The van der Waals surface area contributed by atoms with Crippen LogP contribution in [0.5, 0.6) is 0 Å². The molecular formula is C25H18F4. The largest absolute Gasteiger partial charge is 0.242 e. The zero-order chi connectivity index (χ0) is 20.5. The molecule has 4 rings (SSSR count). The van der Waals surface area contributed by atoms with Crippen molar-refractivity contribution in [3.05, 3.63) is 107 Å². The second-order valence-electron chi connectivity index (χ2n) is 7.16. The standard InChI is InChI=1S/C25H18F4/c1-15(25(29)19-7-6-16-4-2-3-5-18(16)12-19)20-13-22(27)24(23(28)14-20)17-8-10-21(26)11-9-17/h2-15,25H,1H3. The third kappa shape index (κ3) is 3.75. The first-order chi connectivity index (χ1) is 13.9. The minimum Gasteiger partial charge on any atom is -0.242 e. The van der Waals surface area contributed by atoms with Crippen molar-refractivity contribution in [1.29, 1.82) is 0 Å². The van der Waals surface area contributed by atoms with Gasteiger partial charge in [0.25, 0.3) is 0 Å². The van der Waals surface area contributed by atoms with Crippen molar-refractivity contribution in [2.45, 2.75) is 19.0 Å². The van der Waals surface area contributed by atoms with Crippen LogP contribution in [0.3, 0.4) is 0 Å². The summed E-state index contributed by atoms with van der Waals surface area (Å²) in [4.78, 5) is 0. The SMILES string of the molecule is CC(c1cc(F)c(-c2ccc(F)cc2)c(F)c1)C(F)c1ccc2ccccc2c1. The third-order valence-electron chi connectivity index (χ3n) is 5.25. The van der Waals surface area contributed by atoms with Crippen LogP contribution in [-0.2, 0) is 0 Å². The van der Waals surface area contributed by atoms with Gasteiger partial charge in [-0.3, -0.25) is 0 Å². The van der Waals surface area contributed by atoms with E-state index in [0.717, 1.165) is 35.0 Å². The van der Waals surface area contributed by atoms with Crippen molar-refractivity contribution in [2.24, 2.45) is 0 Å². The second-order valence-corrected chi connectivity index (χ2v) is 7.16. The monoisotopic (exact) mass is 394 g/mol. The summed E-state index contributed by atoms with van der Waals surface area (Å²) in [5, 5.41) is 1.90. The van der Waals surface area contributed by atoms with E-state index in [4.69, 9.17) is 0 Å². The summed E-state index contributed by atoms with van der Waals surface area (Å²) in [6, 6.07) is 20.1. The van der Waals surface area contributed by atoms with Crippen LogP contribution < -0.4 is 0 Å². The maximum atomic E-state index is 15.2. The van der Waals surface area contributed by atoms with E-state index in [1.807, 2.05) is 30.3 Å². The molecule has 0 nitrogen and oxygen atoms in total. The van der Waals surface area contributed by atoms with Crippen LogP contribution >= 0.6 is 0 Å². The van der Waals surface area contributed by atoms with Gasteiger partial charge in [0.15, 0.2) is 0 Å². The molecule has 0 aliphatic carbocycles. The van der Waals surface area contributed by atoms with Crippen molar-refractivity contribution in [3.63, 3.8) is 0 Å². The van der Waals surface area contributed by atoms with E-state index in [1.54, 1.807) is 19.1 Å². The van der Waals surface area contributed by atoms with E-state index in [1.165, 1.54) is 12.1 Å². The summed E-state index contributed by atoms with van der Waals surface area (Å²) in [7, 11) is 0. The van der Waals surface area contributed by atoms with Gasteiger partial charge in [0.1, 0.15) is 23.6 Å². The summed E-state index contributed by atoms with van der Waals surface area (Å²) in [6.07, 6.45) is -1.42. The third-order valence-corrected chi connectivity index (χ3v) is 5.25. The maximum Gasteiger partial charge on any atom is 0.134 e. The molecule has 0 spiro atoms. The Hall–Kier alpha value is -3.14. The van der Waals surface area contributed by atoms with Crippen LogP contribution in [0, 0.1) is 17.5 Å². The molecular weight excluding hydrogens is 376 g/mol. The topological polar surface area (TPSA) is 0 Å². The van der Waals surface area contributed by atoms with Gasteiger partial charge < -0.3 is 0 Å². The van der Waals surface area contributed by atoms with Gasteiger partial charge in [0.2, 0.25) is 0 Å². The van der Waals surface area contributed by atoms with Gasteiger partial charge in [-0.05, 0) is 57.8 Å². The Kier molecular flexibility index (Phi) is 5.10. The highest BCUT2D eigenvalue weighted by Gasteiger charge is 2.23. The van der Waals surface area contributed by atoms with Gasteiger partial charge in [0.05, 0.1) is 5.56 Å². The predicted molar refractivity (Wildman–Crippen MR) is 108 cm³/mol. The molecule has 4 aromatic carbocycles. The van der Waals surface area contributed by atoms with Crippen LogP contribution in [0.2, 0.25) is 0 Å². The van der Waals surface area contributed by atoms with Crippen LogP contribution in [0.15, 0.2) is 78.9 Å². The zero-order valence-electron chi connectivity index (χ0n) is 15.7. The van der Waals surface area contributed by atoms with Crippen LogP contribution in [0.25, 0.3) is 21.9 Å². The molecule has 0 heterocycles. The predicted octanol–water partition coefficient (Wildman–Crippen LogP) is 7.74. The molecule has 0 saturated heterocycles. The molecule has 4 heteroatoms. The number of halogens is 4. The van der Waals surface area contributed by atoms with E-state index < -0.39 is 29.5 Å². The normalized spacial score (nSPS) is 13.4. The molecule has 0 radical (unpaired) electrons. The molecule has 2 atom stereocenters. The van der Waals surface area contributed by atoms with Crippen molar-refractivity contribution in [3.8, 4) is 11.1 Å². The van der Waals surface area contributed by atoms with Crippen molar-refractivity contribution in [2.75, 3.05) is 0 Å². The highest BCUT2D eigenvalue weighted by Crippen LogP contribution is 2.37. The van der Waals surface area contributed by atoms with Gasteiger partial charge in [-0.25, -0.2) is 17.6 Å². The smallest absolute Gasteiger partial charge is 0.134 e. The number of fused-ring (bicyclic) bond motifs is 1. The van der Waals surface area contributed by atoms with Crippen LogP contribution in [0.1, 0.15) is 30.1 Å². The Labute approximate surface area is 166 Å². The second kappa shape index (κ2) is 7.70. The average Bonchev–Trinajstić information content (AvgIpc) is 2.73. The lowest BCUT2D eigenvalue weighted by atomic mass is 9.89. The van der Waals surface area contributed by atoms with Crippen molar-refractivity contribution >= 4 is 10.8 Å². The molecule has 146 valence electrons. The lowest BCUT2D eigenvalue weighted by Gasteiger charge is -2.19. The number of hydrogen-bond acceptors (Lipinski definition) is 0. The molecule has 2 unspecified atom stereocenters. The lowest BCUT2D eigenvalue weighted by Crippen LogP contribution is -2.06. The molecule has 0 saturated carbocycles. The Morgan fingerprint density at radius 3 is 1.93 bits per heavy atom. The Balaban J connectivity index is 1.67. The molecule has 0 fully saturated rings. The van der Waals surface area contributed by atoms with Gasteiger partial charge in [-0.2, -0.15) is 0 Å². The first kappa shape index (κ1) is 19.2. The van der Waals surface area contributed by atoms with E-state index in [9.17, 15) is 13.2 Å². The Morgan fingerprint density at radius 1 is 0.655 bits per heavy atom. The quantitative estimate of drug-likeness (QED) is 0.311. The van der Waals surface area contributed by atoms with E-state index in [2.05, 4.69) is 0 Å². The fourth-order valence-corrected chi connectivity index (χ4v) is 3.58. The van der Waals surface area contributed by atoms with Crippen molar-refractivity contribution in [1.82, 2.24) is 0 Å². The summed E-state index contributed by atoms with van der Waals surface area (Å²) < 4.78 is 57.6. The summed E-state index contributed by atoms with van der Waals surface area (Å²) in [6.45, 7) is 1.60. The fraction of sp³-hybridized carbons (Fsp3) is 0.120. The average molecular weight is 394 g/mol. The van der Waals surface area contributed by atoms with Crippen LogP contribution in [-0.4, -0.2) is 0 Å². The molecule has 0 aromatic heterocycles. The number of rotatable bonds is 4. The Bertz CT molecular complexity index is 1140. The van der Waals surface area contributed by atoms with Crippen molar-refractivity contribution < 1.29 is 17.6 Å². The highest BCUT2D eigenvalue weighted by molar-refractivity contribution is 5.83. The fourth-order valence-electron chi connectivity index (χ4n) is 3.58. The summed E-state index contributed by atoms with van der Waals surface area (Å²) in [5.41, 5.74) is 0.667. The first-order valence-electron chi connectivity index (χ1n) is 9.31.